The first kappa shape index (κ1) is 19.0. The molecule has 0 saturated carbocycles. The first-order valence-electron chi connectivity index (χ1n) is 7.02. The van der Waals surface area contributed by atoms with Gasteiger partial charge in [-0.1, -0.05) is 11.6 Å². The van der Waals surface area contributed by atoms with Crippen LogP contribution in [0, 0.1) is 11.6 Å². The molecule has 0 aromatic heterocycles. The van der Waals surface area contributed by atoms with E-state index in [2.05, 4.69) is 10.6 Å². The van der Waals surface area contributed by atoms with Crippen molar-refractivity contribution in [3.8, 4) is 0 Å². The fraction of sp³-hybridized carbons (Fsp3) is 0.188. The maximum atomic E-state index is 13.0. The number of carbonyl (C=O) groups is 1. The SMILES string of the molecule is O=C(CCNc1ccc(F)c(F)c1)Nc1cc(C(F)(F)F)ccc1Cl. The van der Waals surface area contributed by atoms with Gasteiger partial charge >= 0.3 is 6.18 Å². The molecule has 134 valence electrons. The molecular formula is C16H12ClF5N2O. The molecule has 0 heterocycles. The Bertz CT molecular complexity index is 780. The van der Waals surface area contributed by atoms with E-state index >= 15 is 0 Å². The van der Waals surface area contributed by atoms with E-state index in [1.54, 1.807) is 0 Å². The van der Waals surface area contributed by atoms with Crippen molar-refractivity contribution in [1.29, 1.82) is 0 Å². The molecule has 0 aliphatic heterocycles. The molecule has 0 unspecified atom stereocenters. The summed E-state index contributed by atoms with van der Waals surface area (Å²) in [6, 6.07) is 5.74. The van der Waals surface area contributed by atoms with Crippen LogP contribution in [0.4, 0.5) is 33.3 Å². The second-order valence-electron chi connectivity index (χ2n) is 5.05. The summed E-state index contributed by atoms with van der Waals surface area (Å²) in [5, 5.41) is 4.95. The third kappa shape index (κ3) is 5.32. The number of carbonyl (C=O) groups excluding carboxylic acids is 1. The highest BCUT2D eigenvalue weighted by Gasteiger charge is 2.31. The Kier molecular flexibility index (Phi) is 5.84. The Morgan fingerprint density at radius 1 is 1.04 bits per heavy atom. The number of hydrogen-bond donors (Lipinski definition) is 2. The molecular weight excluding hydrogens is 367 g/mol. The number of anilines is 2. The summed E-state index contributed by atoms with van der Waals surface area (Å²) in [6.45, 7) is 0.0630. The zero-order valence-electron chi connectivity index (χ0n) is 12.6. The van der Waals surface area contributed by atoms with Crippen molar-refractivity contribution >= 4 is 28.9 Å². The zero-order valence-corrected chi connectivity index (χ0v) is 13.3. The summed E-state index contributed by atoms with van der Waals surface area (Å²) >= 11 is 5.78. The summed E-state index contributed by atoms with van der Waals surface area (Å²) in [5.41, 5.74) is -0.828. The summed E-state index contributed by atoms with van der Waals surface area (Å²) in [7, 11) is 0. The van der Waals surface area contributed by atoms with Crippen LogP contribution in [0.2, 0.25) is 5.02 Å². The number of alkyl halides is 3. The molecule has 0 radical (unpaired) electrons. The van der Waals surface area contributed by atoms with Crippen molar-refractivity contribution in [2.45, 2.75) is 12.6 Å². The van der Waals surface area contributed by atoms with Gasteiger partial charge in [0.05, 0.1) is 16.3 Å². The Balaban J connectivity index is 1.93. The molecule has 2 N–H and O–H groups in total. The standard InChI is InChI=1S/C16H12ClF5N2O/c17-11-3-1-9(16(20,21)22)7-14(11)24-15(25)5-6-23-10-2-4-12(18)13(19)8-10/h1-4,7-8,23H,5-6H2,(H,24,25). The molecule has 25 heavy (non-hydrogen) atoms. The van der Waals surface area contributed by atoms with Gasteiger partial charge in [-0.25, -0.2) is 8.78 Å². The van der Waals surface area contributed by atoms with Gasteiger partial charge in [-0.15, -0.1) is 0 Å². The first-order valence-corrected chi connectivity index (χ1v) is 7.40. The lowest BCUT2D eigenvalue weighted by Crippen LogP contribution is -2.17. The molecule has 1 amide bonds. The first-order chi connectivity index (χ1) is 11.7. The van der Waals surface area contributed by atoms with Gasteiger partial charge in [0, 0.05) is 18.7 Å². The van der Waals surface area contributed by atoms with Gasteiger partial charge in [0.2, 0.25) is 5.91 Å². The number of amides is 1. The zero-order chi connectivity index (χ0) is 18.6. The van der Waals surface area contributed by atoms with Gasteiger partial charge in [-0.05, 0) is 36.4 Å². The molecule has 2 aromatic carbocycles. The van der Waals surface area contributed by atoms with Crippen molar-refractivity contribution in [3.63, 3.8) is 0 Å². The minimum Gasteiger partial charge on any atom is -0.384 e. The fourth-order valence-corrected chi connectivity index (χ4v) is 2.10. The van der Waals surface area contributed by atoms with E-state index in [1.165, 1.54) is 6.07 Å². The van der Waals surface area contributed by atoms with Crippen LogP contribution in [-0.4, -0.2) is 12.5 Å². The summed E-state index contributed by atoms with van der Waals surface area (Å²) in [6.07, 6.45) is -4.68. The highest BCUT2D eigenvalue weighted by atomic mass is 35.5. The molecule has 0 aliphatic rings. The van der Waals surface area contributed by atoms with Crippen LogP contribution < -0.4 is 10.6 Å². The normalized spacial score (nSPS) is 11.3. The third-order valence-electron chi connectivity index (χ3n) is 3.17. The van der Waals surface area contributed by atoms with Gasteiger partial charge in [0.15, 0.2) is 11.6 Å². The third-order valence-corrected chi connectivity index (χ3v) is 3.50. The minimum atomic E-state index is -4.56. The van der Waals surface area contributed by atoms with Crippen LogP contribution in [0.3, 0.4) is 0 Å². The largest absolute Gasteiger partial charge is 0.416 e. The number of hydrogen-bond acceptors (Lipinski definition) is 2. The number of halogens is 6. The molecule has 0 fully saturated rings. The molecule has 0 bridgehead atoms. The Hall–Kier alpha value is -2.35. The fourth-order valence-electron chi connectivity index (χ4n) is 1.94. The van der Waals surface area contributed by atoms with Crippen LogP contribution in [0.25, 0.3) is 0 Å². The topological polar surface area (TPSA) is 41.1 Å². The van der Waals surface area contributed by atoms with Crippen LogP contribution in [0.5, 0.6) is 0 Å². The summed E-state index contributed by atoms with van der Waals surface area (Å²) in [5.74, 6) is -2.62. The second-order valence-corrected chi connectivity index (χ2v) is 5.45. The van der Waals surface area contributed by atoms with Crippen LogP contribution in [0.1, 0.15) is 12.0 Å². The highest BCUT2D eigenvalue weighted by Crippen LogP contribution is 2.33. The summed E-state index contributed by atoms with van der Waals surface area (Å²) < 4.78 is 63.8. The average Bonchev–Trinajstić information content (AvgIpc) is 2.52. The predicted molar refractivity (Wildman–Crippen MR) is 84.5 cm³/mol. The highest BCUT2D eigenvalue weighted by molar-refractivity contribution is 6.33. The average molecular weight is 379 g/mol. The minimum absolute atomic E-state index is 0.0325. The van der Waals surface area contributed by atoms with Crippen molar-refractivity contribution in [1.82, 2.24) is 0 Å². The van der Waals surface area contributed by atoms with E-state index in [0.29, 0.717) is 0 Å². The monoisotopic (exact) mass is 378 g/mol. The Labute approximate surface area is 144 Å². The van der Waals surface area contributed by atoms with Gasteiger partial charge in [-0.2, -0.15) is 13.2 Å². The summed E-state index contributed by atoms with van der Waals surface area (Å²) in [4.78, 5) is 11.8. The van der Waals surface area contributed by atoms with E-state index in [4.69, 9.17) is 11.6 Å². The molecule has 0 atom stereocenters. The van der Waals surface area contributed by atoms with Crippen molar-refractivity contribution in [2.75, 3.05) is 17.2 Å². The quantitative estimate of drug-likeness (QED) is 0.712. The maximum absolute atomic E-state index is 13.0. The van der Waals surface area contributed by atoms with E-state index < -0.39 is 29.3 Å². The van der Waals surface area contributed by atoms with Gasteiger partial charge < -0.3 is 10.6 Å². The molecule has 3 nitrogen and oxygen atoms in total. The number of rotatable bonds is 5. The maximum Gasteiger partial charge on any atom is 0.416 e. The van der Waals surface area contributed by atoms with E-state index in [0.717, 1.165) is 30.3 Å². The molecule has 0 saturated heterocycles. The molecule has 2 rings (SSSR count). The van der Waals surface area contributed by atoms with Crippen molar-refractivity contribution in [3.05, 3.63) is 58.6 Å². The lowest BCUT2D eigenvalue weighted by molar-refractivity contribution is -0.137. The van der Waals surface area contributed by atoms with Crippen molar-refractivity contribution < 1.29 is 26.7 Å². The molecule has 9 heteroatoms. The number of nitrogens with one attached hydrogen (secondary N) is 2. The smallest absolute Gasteiger partial charge is 0.384 e. The van der Waals surface area contributed by atoms with Crippen LogP contribution in [-0.2, 0) is 11.0 Å². The lowest BCUT2D eigenvalue weighted by Gasteiger charge is -2.12. The lowest BCUT2D eigenvalue weighted by atomic mass is 10.2. The Morgan fingerprint density at radius 2 is 1.76 bits per heavy atom. The van der Waals surface area contributed by atoms with Crippen molar-refractivity contribution in [2.24, 2.45) is 0 Å². The van der Waals surface area contributed by atoms with E-state index in [1.807, 2.05) is 0 Å². The molecule has 0 spiro atoms. The van der Waals surface area contributed by atoms with E-state index in [-0.39, 0.29) is 29.4 Å². The molecule has 0 aliphatic carbocycles. The van der Waals surface area contributed by atoms with Crippen LogP contribution in [0.15, 0.2) is 36.4 Å². The van der Waals surface area contributed by atoms with Gasteiger partial charge in [-0.3, -0.25) is 4.79 Å². The van der Waals surface area contributed by atoms with Gasteiger partial charge in [0.25, 0.3) is 0 Å². The van der Waals surface area contributed by atoms with E-state index in [9.17, 15) is 26.7 Å². The van der Waals surface area contributed by atoms with Gasteiger partial charge in [0.1, 0.15) is 0 Å². The number of benzene rings is 2. The Morgan fingerprint density at radius 3 is 2.40 bits per heavy atom. The second kappa shape index (κ2) is 7.69. The van der Waals surface area contributed by atoms with Crippen LogP contribution >= 0.6 is 11.6 Å². The molecule has 2 aromatic rings. The predicted octanol–water partition coefficient (Wildman–Crippen LogP) is 5.08.